The Bertz CT molecular complexity index is 551. The predicted molar refractivity (Wildman–Crippen MR) is 79.5 cm³/mol. The topological polar surface area (TPSA) is 9.23 Å². The van der Waals surface area contributed by atoms with E-state index in [1.54, 1.807) is 6.07 Å². The first-order valence-electron chi connectivity index (χ1n) is 6.24. The van der Waals surface area contributed by atoms with E-state index in [0.29, 0.717) is 12.2 Å². The van der Waals surface area contributed by atoms with E-state index in [4.69, 9.17) is 4.74 Å². The van der Waals surface area contributed by atoms with Crippen molar-refractivity contribution >= 4 is 15.9 Å². The van der Waals surface area contributed by atoms with E-state index in [0.717, 1.165) is 16.9 Å². The Labute approximate surface area is 121 Å². The molecule has 2 rings (SSSR count). The number of benzene rings is 2. The van der Waals surface area contributed by atoms with E-state index in [9.17, 15) is 4.39 Å². The lowest BCUT2D eigenvalue weighted by Crippen LogP contribution is -1.98. The maximum atomic E-state index is 13.9. The van der Waals surface area contributed by atoms with E-state index in [1.165, 1.54) is 0 Å². The SMILES string of the molecule is CCOc1ccc(C(Br)c2ccc(C)cc2F)cc1. The maximum Gasteiger partial charge on any atom is 0.128 e. The summed E-state index contributed by atoms with van der Waals surface area (Å²) in [6.45, 7) is 4.47. The molecule has 1 atom stereocenters. The number of alkyl halides is 1. The highest BCUT2D eigenvalue weighted by Crippen LogP contribution is 2.33. The second-order valence-corrected chi connectivity index (χ2v) is 5.31. The molecule has 0 saturated carbocycles. The molecular weight excluding hydrogens is 307 g/mol. The second kappa shape index (κ2) is 6.20. The molecule has 0 saturated heterocycles. The zero-order valence-electron chi connectivity index (χ0n) is 11.0. The van der Waals surface area contributed by atoms with Gasteiger partial charge in [0.05, 0.1) is 11.4 Å². The molecule has 0 heterocycles. The van der Waals surface area contributed by atoms with Gasteiger partial charge in [-0.25, -0.2) is 4.39 Å². The summed E-state index contributed by atoms with van der Waals surface area (Å²) in [5.74, 6) is 0.645. The largest absolute Gasteiger partial charge is 0.494 e. The minimum absolute atomic E-state index is 0.149. The lowest BCUT2D eigenvalue weighted by atomic mass is 10.0. The van der Waals surface area contributed by atoms with Gasteiger partial charge in [0, 0.05) is 5.56 Å². The molecule has 0 radical (unpaired) electrons. The van der Waals surface area contributed by atoms with Crippen LogP contribution in [0.3, 0.4) is 0 Å². The Morgan fingerprint density at radius 3 is 2.42 bits per heavy atom. The summed E-state index contributed by atoms with van der Waals surface area (Å²) in [6, 6.07) is 13.0. The third kappa shape index (κ3) is 3.35. The summed E-state index contributed by atoms with van der Waals surface area (Å²) in [5, 5.41) is 0. The first-order chi connectivity index (χ1) is 9.11. The smallest absolute Gasteiger partial charge is 0.128 e. The molecule has 3 heteroatoms. The van der Waals surface area contributed by atoms with Gasteiger partial charge in [-0.05, 0) is 43.2 Å². The quantitative estimate of drug-likeness (QED) is 0.718. The molecule has 0 bridgehead atoms. The number of halogens is 2. The highest BCUT2D eigenvalue weighted by atomic mass is 79.9. The first-order valence-corrected chi connectivity index (χ1v) is 7.16. The van der Waals surface area contributed by atoms with Gasteiger partial charge >= 0.3 is 0 Å². The van der Waals surface area contributed by atoms with Crippen molar-refractivity contribution in [1.29, 1.82) is 0 Å². The summed E-state index contributed by atoms with van der Waals surface area (Å²) < 4.78 is 19.3. The van der Waals surface area contributed by atoms with E-state index in [1.807, 2.05) is 50.2 Å². The highest BCUT2D eigenvalue weighted by Gasteiger charge is 2.14. The van der Waals surface area contributed by atoms with Crippen LogP contribution in [0, 0.1) is 12.7 Å². The van der Waals surface area contributed by atoms with Crippen molar-refractivity contribution in [2.24, 2.45) is 0 Å². The van der Waals surface area contributed by atoms with Gasteiger partial charge in [-0.3, -0.25) is 0 Å². The Kier molecular flexibility index (Phi) is 4.59. The maximum absolute atomic E-state index is 13.9. The molecule has 2 aromatic carbocycles. The number of rotatable bonds is 4. The zero-order chi connectivity index (χ0) is 13.8. The summed E-state index contributed by atoms with van der Waals surface area (Å²) in [6.07, 6.45) is 0. The number of hydrogen-bond donors (Lipinski definition) is 0. The van der Waals surface area contributed by atoms with Crippen LogP contribution in [0.5, 0.6) is 5.75 Å². The molecule has 0 aliphatic heterocycles. The van der Waals surface area contributed by atoms with Crippen molar-refractivity contribution in [3.8, 4) is 5.75 Å². The molecule has 0 fully saturated rings. The van der Waals surface area contributed by atoms with Crippen molar-refractivity contribution in [1.82, 2.24) is 0 Å². The molecule has 0 aliphatic carbocycles. The van der Waals surface area contributed by atoms with Crippen molar-refractivity contribution in [2.45, 2.75) is 18.7 Å². The van der Waals surface area contributed by atoms with Crippen LogP contribution >= 0.6 is 15.9 Å². The molecule has 0 spiro atoms. The third-order valence-electron chi connectivity index (χ3n) is 2.91. The van der Waals surface area contributed by atoms with Gasteiger partial charge in [0.2, 0.25) is 0 Å². The second-order valence-electron chi connectivity index (χ2n) is 4.39. The van der Waals surface area contributed by atoms with Gasteiger partial charge in [-0.2, -0.15) is 0 Å². The minimum atomic E-state index is -0.184. The van der Waals surface area contributed by atoms with Crippen LogP contribution in [0.15, 0.2) is 42.5 Å². The Morgan fingerprint density at radius 2 is 1.84 bits per heavy atom. The molecule has 0 aliphatic rings. The molecule has 2 aromatic rings. The monoisotopic (exact) mass is 322 g/mol. The first kappa shape index (κ1) is 14.1. The van der Waals surface area contributed by atoms with Gasteiger partial charge in [-0.15, -0.1) is 0 Å². The fraction of sp³-hybridized carbons (Fsp3) is 0.250. The van der Waals surface area contributed by atoms with Gasteiger partial charge in [0.15, 0.2) is 0 Å². The van der Waals surface area contributed by atoms with Crippen LogP contribution in [0.4, 0.5) is 4.39 Å². The zero-order valence-corrected chi connectivity index (χ0v) is 12.6. The van der Waals surface area contributed by atoms with Crippen LogP contribution < -0.4 is 4.74 Å². The van der Waals surface area contributed by atoms with E-state index < -0.39 is 0 Å². The summed E-state index contributed by atoms with van der Waals surface area (Å²) >= 11 is 3.55. The van der Waals surface area contributed by atoms with Crippen LogP contribution in [0.1, 0.15) is 28.4 Å². The van der Waals surface area contributed by atoms with Crippen LogP contribution in [0.2, 0.25) is 0 Å². The normalized spacial score (nSPS) is 12.2. The third-order valence-corrected chi connectivity index (χ3v) is 3.93. The van der Waals surface area contributed by atoms with Crippen LogP contribution in [0.25, 0.3) is 0 Å². The van der Waals surface area contributed by atoms with E-state index in [-0.39, 0.29) is 10.6 Å². The van der Waals surface area contributed by atoms with Crippen molar-refractivity contribution in [3.63, 3.8) is 0 Å². The molecule has 1 nitrogen and oxygen atoms in total. The number of aryl methyl sites for hydroxylation is 1. The molecule has 0 aromatic heterocycles. The van der Waals surface area contributed by atoms with Crippen molar-refractivity contribution in [2.75, 3.05) is 6.61 Å². The van der Waals surface area contributed by atoms with Crippen LogP contribution in [-0.4, -0.2) is 6.61 Å². The summed E-state index contributed by atoms with van der Waals surface area (Å²) in [4.78, 5) is -0.149. The molecule has 1 unspecified atom stereocenters. The summed E-state index contributed by atoms with van der Waals surface area (Å²) in [5.41, 5.74) is 2.58. The van der Waals surface area contributed by atoms with Gasteiger partial charge in [0.1, 0.15) is 11.6 Å². The predicted octanol–water partition coefficient (Wildman–Crippen LogP) is 5.02. The molecule has 19 heavy (non-hydrogen) atoms. The van der Waals surface area contributed by atoms with Crippen LogP contribution in [-0.2, 0) is 0 Å². The van der Waals surface area contributed by atoms with Crippen molar-refractivity contribution in [3.05, 3.63) is 65.0 Å². The Hall–Kier alpha value is -1.35. The molecular formula is C16H16BrFO. The van der Waals surface area contributed by atoms with E-state index in [2.05, 4.69) is 15.9 Å². The minimum Gasteiger partial charge on any atom is -0.494 e. The van der Waals surface area contributed by atoms with Gasteiger partial charge in [-0.1, -0.05) is 40.2 Å². The Balaban J connectivity index is 2.25. The molecule has 100 valence electrons. The number of hydrogen-bond acceptors (Lipinski definition) is 1. The average molecular weight is 323 g/mol. The fourth-order valence-electron chi connectivity index (χ4n) is 1.92. The molecule has 0 amide bonds. The summed E-state index contributed by atoms with van der Waals surface area (Å²) in [7, 11) is 0. The number of ether oxygens (including phenoxy) is 1. The standard InChI is InChI=1S/C16H16BrFO/c1-3-19-13-7-5-12(6-8-13)16(17)14-9-4-11(2)10-15(14)18/h4-10,16H,3H2,1-2H3. The lowest BCUT2D eigenvalue weighted by molar-refractivity contribution is 0.340. The highest BCUT2D eigenvalue weighted by molar-refractivity contribution is 9.09. The average Bonchev–Trinajstić information content (AvgIpc) is 2.39. The Morgan fingerprint density at radius 1 is 1.16 bits per heavy atom. The van der Waals surface area contributed by atoms with E-state index >= 15 is 0 Å². The van der Waals surface area contributed by atoms with Gasteiger partial charge in [0.25, 0.3) is 0 Å². The fourth-order valence-corrected chi connectivity index (χ4v) is 2.59. The lowest BCUT2D eigenvalue weighted by Gasteiger charge is -2.13. The van der Waals surface area contributed by atoms with Gasteiger partial charge < -0.3 is 4.74 Å². The molecule has 0 N–H and O–H groups in total. The van der Waals surface area contributed by atoms with Crippen molar-refractivity contribution < 1.29 is 9.13 Å².